The predicted molar refractivity (Wildman–Crippen MR) is 82.5 cm³/mol. The van der Waals surface area contributed by atoms with Crippen molar-refractivity contribution in [3.05, 3.63) is 18.2 Å². The lowest BCUT2D eigenvalue weighted by Crippen LogP contribution is -2.34. The Bertz CT molecular complexity index is 422. The van der Waals surface area contributed by atoms with Crippen LogP contribution in [0.3, 0.4) is 0 Å². The number of hydrogen-bond donors (Lipinski definition) is 1. The molecule has 0 saturated heterocycles. The number of imidazole rings is 1. The zero-order valence-corrected chi connectivity index (χ0v) is 13.0. The van der Waals surface area contributed by atoms with Crippen LogP contribution in [0.25, 0.3) is 0 Å². The molecule has 3 rings (SSSR count). The third-order valence-electron chi connectivity index (χ3n) is 5.31. The summed E-state index contributed by atoms with van der Waals surface area (Å²) in [6.07, 6.45) is 13.5. The molecule has 1 aromatic rings. The van der Waals surface area contributed by atoms with Gasteiger partial charge in [-0.25, -0.2) is 4.98 Å². The first-order valence-corrected chi connectivity index (χ1v) is 8.42. The van der Waals surface area contributed by atoms with E-state index < -0.39 is 0 Å². The molecular formula is C17H29N3. The Morgan fingerprint density at radius 1 is 1.25 bits per heavy atom. The lowest BCUT2D eigenvalue weighted by Gasteiger charge is -2.35. The number of nitrogens with zero attached hydrogens (tertiary/aromatic N) is 2. The van der Waals surface area contributed by atoms with Gasteiger partial charge < -0.3 is 9.88 Å². The lowest BCUT2D eigenvalue weighted by atomic mass is 9.72. The van der Waals surface area contributed by atoms with Crippen LogP contribution in [0.2, 0.25) is 0 Å². The van der Waals surface area contributed by atoms with E-state index >= 15 is 0 Å². The van der Waals surface area contributed by atoms with Gasteiger partial charge in [0, 0.05) is 31.9 Å². The van der Waals surface area contributed by atoms with Crippen molar-refractivity contribution in [3.63, 3.8) is 0 Å². The van der Waals surface area contributed by atoms with E-state index in [2.05, 4.69) is 35.0 Å². The molecule has 3 nitrogen and oxygen atoms in total. The molecule has 3 unspecified atom stereocenters. The Hall–Kier alpha value is -0.830. The summed E-state index contributed by atoms with van der Waals surface area (Å²) in [5.74, 6) is 3.95. The molecule has 2 aliphatic rings. The Morgan fingerprint density at radius 3 is 2.80 bits per heavy atom. The summed E-state index contributed by atoms with van der Waals surface area (Å²) < 4.78 is 2.17. The third kappa shape index (κ3) is 3.63. The molecule has 0 aliphatic heterocycles. The SMILES string of the molecule is CC1CCC(CNC2CC2)C(CCc2nccn2C)C1. The summed E-state index contributed by atoms with van der Waals surface area (Å²) in [7, 11) is 2.11. The molecule has 0 radical (unpaired) electrons. The number of aromatic nitrogens is 2. The molecule has 20 heavy (non-hydrogen) atoms. The fraction of sp³-hybridized carbons (Fsp3) is 0.824. The average molecular weight is 275 g/mol. The van der Waals surface area contributed by atoms with E-state index in [0.29, 0.717) is 0 Å². The molecule has 0 amide bonds. The molecule has 0 bridgehead atoms. The molecule has 0 spiro atoms. The van der Waals surface area contributed by atoms with E-state index in [-0.39, 0.29) is 0 Å². The van der Waals surface area contributed by atoms with Crippen molar-refractivity contribution in [2.45, 2.75) is 57.9 Å². The second-order valence-corrected chi connectivity index (χ2v) is 7.11. The summed E-state index contributed by atoms with van der Waals surface area (Å²) in [5, 5.41) is 3.75. The van der Waals surface area contributed by atoms with Crippen LogP contribution < -0.4 is 5.32 Å². The maximum Gasteiger partial charge on any atom is 0.108 e. The van der Waals surface area contributed by atoms with Gasteiger partial charge in [0.15, 0.2) is 0 Å². The Kier molecular flexibility index (Phi) is 4.45. The van der Waals surface area contributed by atoms with Crippen molar-refractivity contribution in [3.8, 4) is 0 Å². The smallest absolute Gasteiger partial charge is 0.108 e. The molecule has 2 saturated carbocycles. The minimum atomic E-state index is 0.851. The zero-order chi connectivity index (χ0) is 13.9. The second-order valence-electron chi connectivity index (χ2n) is 7.11. The fourth-order valence-electron chi connectivity index (χ4n) is 3.74. The van der Waals surface area contributed by atoms with Crippen LogP contribution in [0.4, 0.5) is 0 Å². The van der Waals surface area contributed by atoms with Gasteiger partial charge in [0.2, 0.25) is 0 Å². The topological polar surface area (TPSA) is 29.9 Å². The van der Waals surface area contributed by atoms with E-state index in [1.165, 1.54) is 50.9 Å². The number of aryl methyl sites for hydroxylation is 2. The van der Waals surface area contributed by atoms with Crippen molar-refractivity contribution in [1.82, 2.24) is 14.9 Å². The summed E-state index contributed by atoms with van der Waals surface area (Å²) in [4.78, 5) is 4.48. The largest absolute Gasteiger partial charge is 0.338 e. The molecule has 3 heteroatoms. The molecule has 1 aromatic heterocycles. The highest BCUT2D eigenvalue weighted by molar-refractivity contribution is 4.93. The van der Waals surface area contributed by atoms with Gasteiger partial charge in [-0.1, -0.05) is 13.3 Å². The molecule has 1 N–H and O–H groups in total. The van der Waals surface area contributed by atoms with E-state index in [1.807, 2.05) is 6.20 Å². The summed E-state index contributed by atoms with van der Waals surface area (Å²) >= 11 is 0. The maximum absolute atomic E-state index is 4.48. The number of nitrogens with one attached hydrogen (secondary N) is 1. The van der Waals surface area contributed by atoms with E-state index in [1.54, 1.807) is 0 Å². The van der Waals surface area contributed by atoms with Crippen molar-refractivity contribution in [1.29, 1.82) is 0 Å². The van der Waals surface area contributed by atoms with Gasteiger partial charge >= 0.3 is 0 Å². The third-order valence-corrected chi connectivity index (χ3v) is 5.31. The van der Waals surface area contributed by atoms with Gasteiger partial charge in [-0.3, -0.25) is 0 Å². The highest BCUT2D eigenvalue weighted by Gasteiger charge is 2.30. The maximum atomic E-state index is 4.48. The number of hydrogen-bond acceptors (Lipinski definition) is 2. The van der Waals surface area contributed by atoms with Crippen molar-refractivity contribution < 1.29 is 0 Å². The van der Waals surface area contributed by atoms with Gasteiger partial charge in [0.1, 0.15) is 5.82 Å². The Balaban J connectivity index is 1.53. The fourth-order valence-corrected chi connectivity index (χ4v) is 3.74. The Labute approximate surface area is 123 Å². The van der Waals surface area contributed by atoms with Gasteiger partial charge in [-0.15, -0.1) is 0 Å². The van der Waals surface area contributed by atoms with Crippen molar-refractivity contribution in [2.24, 2.45) is 24.8 Å². The van der Waals surface area contributed by atoms with Crippen LogP contribution in [0, 0.1) is 17.8 Å². The lowest BCUT2D eigenvalue weighted by molar-refractivity contribution is 0.174. The monoisotopic (exact) mass is 275 g/mol. The molecule has 1 heterocycles. The summed E-state index contributed by atoms with van der Waals surface area (Å²) in [6, 6.07) is 0.851. The molecule has 112 valence electrons. The molecule has 3 atom stereocenters. The van der Waals surface area contributed by atoms with Gasteiger partial charge in [0.05, 0.1) is 0 Å². The summed E-state index contributed by atoms with van der Waals surface area (Å²) in [5.41, 5.74) is 0. The molecule has 2 aliphatic carbocycles. The van der Waals surface area contributed by atoms with Crippen LogP contribution in [-0.2, 0) is 13.5 Å². The van der Waals surface area contributed by atoms with Gasteiger partial charge in [-0.05, 0) is 56.4 Å². The first-order chi connectivity index (χ1) is 9.72. The molecule has 0 aromatic carbocycles. The minimum Gasteiger partial charge on any atom is -0.338 e. The zero-order valence-electron chi connectivity index (χ0n) is 13.0. The van der Waals surface area contributed by atoms with Crippen LogP contribution in [0.1, 0.15) is 51.3 Å². The second kappa shape index (κ2) is 6.30. The average Bonchev–Trinajstić information content (AvgIpc) is 3.17. The van der Waals surface area contributed by atoms with Crippen molar-refractivity contribution in [2.75, 3.05) is 6.54 Å². The van der Waals surface area contributed by atoms with Crippen molar-refractivity contribution >= 4 is 0 Å². The van der Waals surface area contributed by atoms with Gasteiger partial charge in [0.25, 0.3) is 0 Å². The van der Waals surface area contributed by atoms with E-state index in [0.717, 1.165) is 30.2 Å². The quantitative estimate of drug-likeness (QED) is 0.864. The van der Waals surface area contributed by atoms with Crippen LogP contribution in [0.5, 0.6) is 0 Å². The van der Waals surface area contributed by atoms with Crippen LogP contribution >= 0.6 is 0 Å². The standard InChI is InChI=1S/C17H29N3/c1-13-3-4-15(12-19-16-6-7-16)14(11-13)5-8-17-18-9-10-20(17)2/h9-10,13-16,19H,3-8,11-12H2,1-2H3. The Morgan fingerprint density at radius 2 is 2.10 bits per heavy atom. The van der Waals surface area contributed by atoms with E-state index in [4.69, 9.17) is 0 Å². The summed E-state index contributed by atoms with van der Waals surface area (Å²) in [6.45, 7) is 3.68. The highest BCUT2D eigenvalue weighted by atomic mass is 15.0. The molecule has 2 fully saturated rings. The van der Waals surface area contributed by atoms with E-state index in [9.17, 15) is 0 Å². The number of rotatable bonds is 6. The highest BCUT2D eigenvalue weighted by Crippen LogP contribution is 2.36. The van der Waals surface area contributed by atoms with Crippen LogP contribution in [-0.4, -0.2) is 22.1 Å². The normalized spacial score (nSPS) is 30.6. The van der Waals surface area contributed by atoms with Crippen LogP contribution in [0.15, 0.2) is 12.4 Å². The van der Waals surface area contributed by atoms with Gasteiger partial charge in [-0.2, -0.15) is 0 Å². The molecular weight excluding hydrogens is 246 g/mol. The first-order valence-electron chi connectivity index (χ1n) is 8.42. The first kappa shape index (κ1) is 14.1. The minimum absolute atomic E-state index is 0.851. The predicted octanol–water partition coefficient (Wildman–Crippen LogP) is 3.16.